The summed E-state index contributed by atoms with van der Waals surface area (Å²) in [4.78, 5) is 16.2. The molecule has 17 heavy (non-hydrogen) atoms. The Morgan fingerprint density at radius 2 is 2.18 bits per heavy atom. The number of hydrogen-bond donors (Lipinski definition) is 1. The molecule has 0 bridgehead atoms. The Morgan fingerprint density at radius 1 is 1.47 bits per heavy atom. The fraction of sp³-hybridized carbons (Fsp3) is 0.750. The van der Waals surface area contributed by atoms with Crippen LogP contribution >= 0.6 is 0 Å². The smallest absolute Gasteiger partial charge is 0.230 e. The highest BCUT2D eigenvalue weighted by molar-refractivity contribution is 5.81. The minimum Gasteiger partial charge on any atom is -0.491 e. The summed E-state index contributed by atoms with van der Waals surface area (Å²) >= 11 is 0. The Morgan fingerprint density at radius 3 is 2.82 bits per heavy atom. The molecule has 0 aromatic carbocycles. The van der Waals surface area contributed by atoms with Crippen LogP contribution in [0.1, 0.15) is 13.3 Å². The number of nitrogens with zero attached hydrogens (tertiary/aromatic N) is 2. The molecule has 2 aliphatic heterocycles. The van der Waals surface area contributed by atoms with E-state index in [0.717, 1.165) is 24.5 Å². The molecule has 2 aliphatic rings. The van der Waals surface area contributed by atoms with Crippen LogP contribution in [0.4, 0.5) is 0 Å². The first-order valence-electron chi connectivity index (χ1n) is 6.08. The molecule has 1 unspecified atom stereocenters. The minimum absolute atomic E-state index is 0.0496. The lowest BCUT2D eigenvalue weighted by molar-refractivity contribution is -0.126. The van der Waals surface area contributed by atoms with Crippen LogP contribution in [-0.4, -0.2) is 56.0 Å². The van der Waals surface area contributed by atoms with Crippen LogP contribution in [0.2, 0.25) is 0 Å². The van der Waals surface area contributed by atoms with Crippen LogP contribution in [-0.2, 0) is 9.53 Å². The second kappa shape index (κ2) is 4.47. The average Bonchev–Trinajstić information content (AvgIpc) is 2.33. The molecule has 0 saturated carbocycles. The highest BCUT2D eigenvalue weighted by Crippen LogP contribution is 2.33. The highest BCUT2D eigenvalue weighted by Gasteiger charge is 2.37. The number of likely N-dealkylation sites (N-methyl/N-ethyl adjacent to an activating group) is 1. The lowest BCUT2D eigenvalue weighted by Crippen LogP contribution is -2.49. The number of hydrogen-bond acceptors (Lipinski definition) is 4. The van der Waals surface area contributed by atoms with Crippen molar-refractivity contribution < 1.29 is 9.53 Å². The van der Waals surface area contributed by atoms with Crippen molar-refractivity contribution in [3.05, 3.63) is 11.6 Å². The van der Waals surface area contributed by atoms with Crippen molar-refractivity contribution in [1.29, 1.82) is 0 Å². The van der Waals surface area contributed by atoms with Crippen LogP contribution in [0.25, 0.3) is 0 Å². The molecular formula is C12H21N3O2. The van der Waals surface area contributed by atoms with Crippen molar-refractivity contribution in [3.63, 3.8) is 0 Å². The van der Waals surface area contributed by atoms with Gasteiger partial charge >= 0.3 is 0 Å². The number of ether oxygens (including phenoxy) is 1. The van der Waals surface area contributed by atoms with E-state index in [1.54, 1.807) is 7.05 Å². The van der Waals surface area contributed by atoms with E-state index in [9.17, 15) is 4.79 Å². The van der Waals surface area contributed by atoms with Gasteiger partial charge in [0.1, 0.15) is 24.1 Å². The van der Waals surface area contributed by atoms with Crippen molar-refractivity contribution in [2.45, 2.75) is 19.4 Å². The largest absolute Gasteiger partial charge is 0.491 e. The van der Waals surface area contributed by atoms with E-state index in [4.69, 9.17) is 4.74 Å². The van der Waals surface area contributed by atoms with Crippen LogP contribution in [0, 0.1) is 5.92 Å². The molecule has 96 valence electrons. The van der Waals surface area contributed by atoms with Crippen molar-refractivity contribution in [1.82, 2.24) is 15.1 Å². The van der Waals surface area contributed by atoms with Crippen molar-refractivity contribution in [2.24, 2.45) is 5.92 Å². The molecule has 2 rings (SSSR count). The van der Waals surface area contributed by atoms with Crippen LogP contribution < -0.4 is 5.32 Å². The molecule has 1 N–H and O–H groups in total. The Hall–Kier alpha value is -1.39. The van der Waals surface area contributed by atoms with Gasteiger partial charge in [0.25, 0.3) is 0 Å². The maximum absolute atomic E-state index is 11.9. The maximum Gasteiger partial charge on any atom is 0.230 e. The van der Waals surface area contributed by atoms with Crippen molar-refractivity contribution in [3.8, 4) is 0 Å². The standard InChI is InChI=1S/C12H21N3O2/c1-8-7-17-10-9(11(16)13-2)5-6-14(3)12(10)15(8)4/h8-9H,5-7H2,1-4H3,(H,13,16)/t8-,9?/m1/s1. The fourth-order valence-corrected chi connectivity index (χ4v) is 2.47. The Kier molecular flexibility index (Phi) is 3.17. The molecule has 5 nitrogen and oxygen atoms in total. The van der Waals surface area contributed by atoms with Gasteiger partial charge in [0.05, 0.1) is 6.04 Å². The third kappa shape index (κ3) is 1.94. The van der Waals surface area contributed by atoms with Gasteiger partial charge in [-0.05, 0) is 13.3 Å². The molecule has 0 radical (unpaired) electrons. The van der Waals surface area contributed by atoms with Gasteiger partial charge in [-0.15, -0.1) is 0 Å². The molecule has 0 aliphatic carbocycles. The molecule has 0 aromatic heterocycles. The molecule has 2 heterocycles. The first-order chi connectivity index (χ1) is 8.06. The summed E-state index contributed by atoms with van der Waals surface area (Å²) < 4.78 is 5.81. The molecule has 0 fully saturated rings. The Labute approximate surface area is 102 Å². The maximum atomic E-state index is 11.9. The van der Waals surface area contributed by atoms with Gasteiger partial charge in [-0.1, -0.05) is 0 Å². The molecule has 0 spiro atoms. The molecule has 1 amide bonds. The van der Waals surface area contributed by atoms with Crippen molar-refractivity contribution in [2.75, 3.05) is 34.3 Å². The monoisotopic (exact) mass is 239 g/mol. The van der Waals surface area contributed by atoms with Gasteiger partial charge in [-0.2, -0.15) is 0 Å². The highest BCUT2D eigenvalue weighted by atomic mass is 16.5. The fourth-order valence-electron chi connectivity index (χ4n) is 2.47. The topological polar surface area (TPSA) is 44.8 Å². The number of amides is 1. The zero-order valence-electron chi connectivity index (χ0n) is 11.0. The van der Waals surface area contributed by atoms with E-state index in [2.05, 4.69) is 29.1 Å². The molecule has 0 aromatic rings. The summed E-state index contributed by atoms with van der Waals surface area (Å²) in [5, 5.41) is 2.72. The Bertz CT molecular complexity index is 354. The summed E-state index contributed by atoms with van der Waals surface area (Å²) in [5.74, 6) is 1.80. The second-order valence-corrected chi connectivity index (χ2v) is 4.84. The van der Waals surface area contributed by atoms with Crippen LogP contribution in [0.15, 0.2) is 11.6 Å². The van der Waals surface area contributed by atoms with Gasteiger partial charge in [-0.3, -0.25) is 4.79 Å². The van der Waals surface area contributed by atoms with E-state index in [0.29, 0.717) is 12.6 Å². The SMILES string of the molecule is CNC(=O)C1CCN(C)C2=C1OC[C@@H](C)N2C. The predicted octanol–water partition coefficient (Wildman–Crippen LogP) is 0.204. The van der Waals surface area contributed by atoms with Gasteiger partial charge in [0.2, 0.25) is 5.91 Å². The first-order valence-corrected chi connectivity index (χ1v) is 6.08. The average molecular weight is 239 g/mol. The number of nitrogens with one attached hydrogen (secondary N) is 1. The summed E-state index contributed by atoms with van der Waals surface area (Å²) in [6.45, 7) is 3.66. The van der Waals surface area contributed by atoms with E-state index >= 15 is 0 Å². The predicted molar refractivity (Wildman–Crippen MR) is 65.0 cm³/mol. The zero-order chi connectivity index (χ0) is 12.6. The van der Waals surface area contributed by atoms with Gasteiger partial charge in [-0.25, -0.2) is 0 Å². The summed E-state index contributed by atoms with van der Waals surface area (Å²) in [5.41, 5.74) is 0. The number of carbonyl (C=O) groups is 1. The van der Waals surface area contributed by atoms with E-state index in [-0.39, 0.29) is 11.8 Å². The van der Waals surface area contributed by atoms with Gasteiger partial charge in [0.15, 0.2) is 0 Å². The quantitative estimate of drug-likeness (QED) is 0.710. The molecule has 0 saturated heterocycles. The molecule has 5 heteroatoms. The zero-order valence-corrected chi connectivity index (χ0v) is 11.0. The molecular weight excluding hydrogens is 218 g/mol. The van der Waals surface area contributed by atoms with Gasteiger partial charge < -0.3 is 19.9 Å². The van der Waals surface area contributed by atoms with Crippen LogP contribution in [0.3, 0.4) is 0 Å². The van der Waals surface area contributed by atoms with E-state index in [1.165, 1.54) is 0 Å². The van der Waals surface area contributed by atoms with Crippen molar-refractivity contribution >= 4 is 5.91 Å². The number of carbonyl (C=O) groups excluding carboxylic acids is 1. The van der Waals surface area contributed by atoms with E-state index < -0.39 is 0 Å². The first kappa shape index (κ1) is 12.1. The third-order valence-electron chi connectivity index (χ3n) is 3.69. The minimum atomic E-state index is -0.138. The summed E-state index contributed by atoms with van der Waals surface area (Å²) in [6.07, 6.45) is 0.817. The lowest BCUT2D eigenvalue weighted by atomic mass is 9.96. The normalized spacial score (nSPS) is 28.7. The molecule has 2 atom stereocenters. The lowest BCUT2D eigenvalue weighted by Gasteiger charge is -2.44. The Balaban J connectivity index is 2.36. The third-order valence-corrected chi connectivity index (χ3v) is 3.69. The summed E-state index contributed by atoms with van der Waals surface area (Å²) in [7, 11) is 5.79. The van der Waals surface area contributed by atoms with Crippen LogP contribution in [0.5, 0.6) is 0 Å². The second-order valence-electron chi connectivity index (χ2n) is 4.84. The summed E-state index contributed by atoms with van der Waals surface area (Å²) in [6, 6.07) is 0.347. The number of rotatable bonds is 1. The van der Waals surface area contributed by atoms with E-state index in [1.807, 2.05) is 7.05 Å². The van der Waals surface area contributed by atoms with Gasteiger partial charge in [0, 0.05) is 27.7 Å².